The maximum absolute atomic E-state index is 12.9. The number of halogens is 1. The molecule has 3 nitrogen and oxygen atoms in total. The Labute approximate surface area is 132 Å². The number of rotatable bonds is 2. The molecule has 5 heteroatoms. The summed E-state index contributed by atoms with van der Waals surface area (Å²) in [5, 5.41) is 12.8. The number of thiophene rings is 1. The summed E-state index contributed by atoms with van der Waals surface area (Å²) in [4.78, 5) is 13.4. The molecule has 0 bridgehead atoms. The molecule has 0 aliphatic heterocycles. The molecule has 112 valence electrons. The highest BCUT2D eigenvalue weighted by Gasteiger charge is 2.24. The first-order valence-corrected chi connectivity index (χ1v) is 8.01. The number of anilines is 1. The number of hydrogen-bond donors (Lipinski definition) is 1. The van der Waals surface area contributed by atoms with Gasteiger partial charge in [-0.2, -0.15) is 5.26 Å². The van der Waals surface area contributed by atoms with Gasteiger partial charge in [-0.3, -0.25) is 4.79 Å². The molecular formula is C17H15FN2OS. The second kappa shape index (κ2) is 5.90. The van der Waals surface area contributed by atoms with Gasteiger partial charge in [0.05, 0.1) is 5.56 Å². The number of carbonyl (C=O) groups is 1. The first-order valence-electron chi connectivity index (χ1n) is 7.20. The lowest BCUT2D eigenvalue weighted by atomic mass is 9.88. The number of nitrogens with one attached hydrogen (secondary N) is 1. The van der Waals surface area contributed by atoms with Gasteiger partial charge in [0.25, 0.3) is 5.91 Å². The van der Waals surface area contributed by atoms with E-state index in [-0.39, 0.29) is 11.7 Å². The van der Waals surface area contributed by atoms with E-state index >= 15 is 0 Å². The lowest BCUT2D eigenvalue weighted by Crippen LogP contribution is -2.12. The maximum Gasteiger partial charge on any atom is 0.256 e. The van der Waals surface area contributed by atoms with Crippen LogP contribution < -0.4 is 5.32 Å². The van der Waals surface area contributed by atoms with E-state index in [0.717, 1.165) is 24.8 Å². The van der Waals surface area contributed by atoms with Crippen molar-refractivity contribution >= 4 is 22.2 Å². The molecule has 1 aliphatic rings. The molecule has 1 aromatic carbocycles. The Morgan fingerprint density at radius 1 is 1.41 bits per heavy atom. The molecule has 22 heavy (non-hydrogen) atoms. The molecule has 1 atom stereocenters. The Hall–Kier alpha value is -2.19. The van der Waals surface area contributed by atoms with E-state index in [4.69, 9.17) is 0 Å². The van der Waals surface area contributed by atoms with Crippen molar-refractivity contribution in [2.45, 2.75) is 26.2 Å². The molecular weight excluding hydrogens is 299 g/mol. The van der Waals surface area contributed by atoms with Crippen LogP contribution in [0.2, 0.25) is 0 Å². The van der Waals surface area contributed by atoms with Crippen molar-refractivity contribution in [1.82, 2.24) is 0 Å². The molecule has 1 aromatic heterocycles. The second-order valence-corrected chi connectivity index (χ2v) is 6.73. The van der Waals surface area contributed by atoms with Gasteiger partial charge in [-0.1, -0.05) is 6.92 Å². The fourth-order valence-corrected chi connectivity index (χ4v) is 4.09. The zero-order valence-electron chi connectivity index (χ0n) is 12.1. The highest BCUT2D eigenvalue weighted by atomic mass is 32.1. The van der Waals surface area contributed by atoms with E-state index in [9.17, 15) is 14.4 Å². The van der Waals surface area contributed by atoms with Crippen molar-refractivity contribution in [2.75, 3.05) is 5.32 Å². The number of hydrogen-bond acceptors (Lipinski definition) is 3. The van der Waals surface area contributed by atoms with Gasteiger partial charge < -0.3 is 5.32 Å². The van der Waals surface area contributed by atoms with Gasteiger partial charge in [0.2, 0.25) is 0 Å². The normalized spacial score (nSPS) is 16.7. The van der Waals surface area contributed by atoms with Crippen LogP contribution in [0.4, 0.5) is 9.39 Å². The van der Waals surface area contributed by atoms with Crippen molar-refractivity contribution in [2.24, 2.45) is 5.92 Å². The Bertz CT molecular complexity index is 758. The van der Waals surface area contributed by atoms with Crippen molar-refractivity contribution in [3.63, 3.8) is 0 Å². The van der Waals surface area contributed by atoms with Crippen LogP contribution in [0.25, 0.3) is 0 Å². The first kappa shape index (κ1) is 14.7. The lowest BCUT2D eigenvalue weighted by Gasteiger charge is -2.17. The number of carbonyl (C=O) groups excluding carboxylic acids is 1. The smallest absolute Gasteiger partial charge is 0.256 e. The first-order chi connectivity index (χ1) is 10.6. The summed E-state index contributed by atoms with van der Waals surface area (Å²) in [5.74, 6) is -0.0867. The summed E-state index contributed by atoms with van der Waals surface area (Å²) in [6, 6.07) is 7.60. The molecule has 1 amide bonds. The number of nitrogens with zero attached hydrogens (tertiary/aromatic N) is 1. The third-order valence-corrected chi connectivity index (χ3v) is 5.13. The minimum absolute atomic E-state index is 0.317. The Balaban J connectivity index is 1.88. The average Bonchev–Trinajstić information content (AvgIpc) is 2.83. The van der Waals surface area contributed by atoms with Crippen molar-refractivity contribution in [3.05, 3.63) is 51.7 Å². The third kappa shape index (κ3) is 2.75. The number of benzene rings is 1. The standard InChI is InChI=1S/C17H15FN2OS/c1-10-2-7-13-14(9-19)17(22-15(13)8-10)20-16(21)11-3-5-12(18)6-4-11/h3-6,10H,2,7-8H2,1H3,(H,20,21). The summed E-state index contributed by atoms with van der Waals surface area (Å²) in [5.41, 5.74) is 2.05. The van der Waals surface area contributed by atoms with Crippen LogP contribution in [0, 0.1) is 23.1 Å². The van der Waals surface area contributed by atoms with Crippen molar-refractivity contribution in [3.8, 4) is 6.07 Å². The minimum atomic E-state index is -0.380. The fourth-order valence-electron chi connectivity index (χ4n) is 2.73. The van der Waals surface area contributed by atoms with Gasteiger partial charge in [-0.15, -0.1) is 11.3 Å². The Kier molecular flexibility index (Phi) is 3.95. The van der Waals surface area contributed by atoms with Crippen LogP contribution in [0.3, 0.4) is 0 Å². The summed E-state index contributed by atoms with van der Waals surface area (Å²) >= 11 is 1.49. The maximum atomic E-state index is 12.9. The minimum Gasteiger partial charge on any atom is -0.312 e. The molecule has 1 N–H and O–H groups in total. The Morgan fingerprint density at radius 3 is 2.82 bits per heavy atom. The van der Waals surface area contributed by atoms with Crippen LogP contribution in [0.1, 0.15) is 39.7 Å². The molecule has 0 saturated heterocycles. The average molecular weight is 314 g/mol. The van der Waals surface area contributed by atoms with Crippen molar-refractivity contribution < 1.29 is 9.18 Å². The number of nitriles is 1. The van der Waals surface area contributed by atoms with Crippen LogP contribution in [0.5, 0.6) is 0 Å². The summed E-state index contributed by atoms with van der Waals surface area (Å²) in [7, 11) is 0. The van der Waals surface area contributed by atoms with E-state index in [1.54, 1.807) is 0 Å². The molecule has 1 aliphatic carbocycles. The summed E-state index contributed by atoms with van der Waals surface area (Å²) < 4.78 is 12.9. The Morgan fingerprint density at radius 2 is 2.14 bits per heavy atom. The summed E-state index contributed by atoms with van der Waals surface area (Å²) in [6.07, 6.45) is 2.92. The molecule has 2 aromatic rings. The van der Waals surface area contributed by atoms with E-state index in [0.29, 0.717) is 22.0 Å². The van der Waals surface area contributed by atoms with Crippen LogP contribution >= 0.6 is 11.3 Å². The van der Waals surface area contributed by atoms with Gasteiger partial charge in [0, 0.05) is 10.4 Å². The van der Waals surface area contributed by atoms with Gasteiger partial charge in [-0.05, 0) is 55.0 Å². The second-order valence-electron chi connectivity index (χ2n) is 5.63. The van der Waals surface area contributed by atoms with E-state index in [1.807, 2.05) is 0 Å². The largest absolute Gasteiger partial charge is 0.312 e. The monoisotopic (exact) mass is 314 g/mol. The topological polar surface area (TPSA) is 52.9 Å². The number of amides is 1. The number of fused-ring (bicyclic) bond motifs is 1. The molecule has 0 fully saturated rings. The van der Waals surface area contributed by atoms with E-state index in [2.05, 4.69) is 18.3 Å². The molecule has 0 spiro atoms. The van der Waals surface area contributed by atoms with Crippen LogP contribution in [-0.4, -0.2) is 5.91 Å². The molecule has 3 rings (SSSR count). The molecule has 1 heterocycles. The lowest BCUT2D eigenvalue weighted by molar-refractivity contribution is 0.102. The predicted octanol–water partition coefficient (Wildman–Crippen LogP) is 4.14. The summed E-state index contributed by atoms with van der Waals surface area (Å²) in [6.45, 7) is 2.20. The van der Waals surface area contributed by atoms with Crippen LogP contribution in [0.15, 0.2) is 24.3 Å². The highest BCUT2D eigenvalue weighted by molar-refractivity contribution is 7.16. The van der Waals surface area contributed by atoms with E-state index < -0.39 is 0 Å². The van der Waals surface area contributed by atoms with Gasteiger partial charge in [0.15, 0.2) is 0 Å². The molecule has 1 unspecified atom stereocenters. The third-order valence-electron chi connectivity index (χ3n) is 3.96. The van der Waals surface area contributed by atoms with Gasteiger partial charge in [0.1, 0.15) is 16.9 Å². The zero-order valence-corrected chi connectivity index (χ0v) is 13.0. The fraction of sp³-hybridized carbons (Fsp3) is 0.294. The zero-order chi connectivity index (χ0) is 15.7. The van der Waals surface area contributed by atoms with Gasteiger partial charge >= 0.3 is 0 Å². The van der Waals surface area contributed by atoms with Crippen LogP contribution in [-0.2, 0) is 12.8 Å². The van der Waals surface area contributed by atoms with Gasteiger partial charge in [-0.25, -0.2) is 4.39 Å². The highest BCUT2D eigenvalue weighted by Crippen LogP contribution is 2.39. The SMILES string of the molecule is CC1CCc2c(sc(NC(=O)c3ccc(F)cc3)c2C#N)C1. The quantitative estimate of drug-likeness (QED) is 0.906. The van der Waals surface area contributed by atoms with Crippen molar-refractivity contribution in [1.29, 1.82) is 5.26 Å². The molecule has 0 saturated carbocycles. The predicted molar refractivity (Wildman–Crippen MR) is 84.6 cm³/mol. The van der Waals surface area contributed by atoms with E-state index in [1.165, 1.54) is 40.5 Å². The molecule has 0 radical (unpaired) electrons.